The van der Waals surface area contributed by atoms with Crippen molar-refractivity contribution < 1.29 is 14.3 Å². The summed E-state index contributed by atoms with van der Waals surface area (Å²) in [5, 5.41) is 1.14. The van der Waals surface area contributed by atoms with E-state index in [1.165, 1.54) is 0 Å². The summed E-state index contributed by atoms with van der Waals surface area (Å²) in [6.07, 6.45) is 6.55. The molecule has 0 bridgehead atoms. The van der Waals surface area contributed by atoms with Crippen molar-refractivity contribution in [1.82, 2.24) is 14.1 Å². The van der Waals surface area contributed by atoms with Gasteiger partial charge in [-0.15, -0.1) is 0 Å². The molecule has 0 unspecified atom stereocenters. The third-order valence-electron chi connectivity index (χ3n) is 5.81. The number of nitrogens with zero attached hydrogens (tertiary/aromatic N) is 3. The summed E-state index contributed by atoms with van der Waals surface area (Å²) in [6.45, 7) is 1.15. The molecule has 152 valence electrons. The summed E-state index contributed by atoms with van der Waals surface area (Å²) in [5.74, 6) is 1.57. The fraction of sp³-hybridized carbons (Fsp3) is 0.120. The fourth-order valence-electron chi connectivity index (χ4n) is 4.33. The molecule has 0 saturated carbocycles. The van der Waals surface area contributed by atoms with Crippen molar-refractivity contribution in [2.45, 2.75) is 0 Å². The minimum absolute atomic E-state index is 0.566. The smallest absolute Gasteiger partial charge is 0.161 e. The van der Waals surface area contributed by atoms with Crippen LogP contribution in [-0.2, 0) is 7.05 Å². The molecule has 1 aliphatic heterocycles. The lowest BCUT2D eigenvalue weighted by molar-refractivity contribution is 0.112. The lowest BCUT2D eigenvalue weighted by Crippen LogP contribution is -2.15. The van der Waals surface area contributed by atoms with E-state index in [9.17, 15) is 4.79 Å². The quantitative estimate of drug-likeness (QED) is 0.403. The van der Waals surface area contributed by atoms with Gasteiger partial charge in [0.05, 0.1) is 16.7 Å². The van der Waals surface area contributed by atoms with E-state index >= 15 is 0 Å². The first kappa shape index (κ1) is 17.8. The standard InChI is InChI=1S/C25H19N3O3/c1-27-14-22(25-21(27)11-16(15-29)13-26-25)28-8-7-19-18(3-2-4-20(19)28)17-5-6-23-24(12-17)31-10-9-30-23/h2-8,11-15H,9-10H2,1H3. The highest BCUT2D eigenvalue weighted by Crippen LogP contribution is 2.38. The molecule has 3 aromatic heterocycles. The number of carbonyl (C=O) groups excluding carboxylic acids is 1. The number of carbonyl (C=O) groups is 1. The highest BCUT2D eigenvalue weighted by molar-refractivity contribution is 5.98. The number of fused-ring (bicyclic) bond motifs is 3. The van der Waals surface area contributed by atoms with Crippen LogP contribution in [0.4, 0.5) is 0 Å². The molecule has 6 rings (SSSR count). The van der Waals surface area contributed by atoms with E-state index in [0.717, 1.165) is 56.5 Å². The predicted molar refractivity (Wildman–Crippen MR) is 119 cm³/mol. The molecule has 0 spiro atoms. The Morgan fingerprint density at radius 1 is 1.00 bits per heavy atom. The van der Waals surface area contributed by atoms with Gasteiger partial charge < -0.3 is 18.6 Å². The summed E-state index contributed by atoms with van der Waals surface area (Å²) in [6, 6.07) is 16.4. The normalized spacial score (nSPS) is 13.1. The van der Waals surface area contributed by atoms with Gasteiger partial charge in [0.25, 0.3) is 0 Å². The second-order valence-electron chi connectivity index (χ2n) is 7.66. The molecule has 6 nitrogen and oxygen atoms in total. The van der Waals surface area contributed by atoms with Crippen LogP contribution in [0.15, 0.2) is 67.1 Å². The number of hydrogen-bond donors (Lipinski definition) is 0. The Bertz CT molecular complexity index is 1480. The van der Waals surface area contributed by atoms with Crippen molar-refractivity contribution >= 4 is 28.2 Å². The molecule has 0 amide bonds. The van der Waals surface area contributed by atoms with Crippen LogP contribution in [0.2, 0.25) is 0 Å². The fourth-order valence-corrected chi connectivity index (χ4v) is 4.33. The van der Waals surface area contributed by atoms with Gasteiger partial charge in [0.1, 0.15) is 18.7 Å². The second kappa shape index (κ2) is 6.74. The van der Waals surface area contributed by atoms with Crippen molar-refractivity contribution in [3.8, 4) is 28.3 Å². The van der Waals surface area contributed by atoms with E-state index in [4.69, 9.17) is 9.47 Å². The van der Waals surface area contributed by atoms with Gasteiger partial charge in [-0.05, 0) is 41.5 Å². The van der Waals surface area contributed by atoms with Crippen molar-refractivity contribution in [1.29, 1.82) is 0 Å². The largest absolute Gasteiger partial charge is 0.486 e. The molecule has 0 atom stereocenters. The van der Waals surface area contributed by atoms with E-state index in [1.54, 1.807) is 6.20 Å². The van der Waals surface area contributed by atoms with E-state index in [1.807, 2.05) is 36.0 Å². The Morgan fingerprint density at radius 3 is 2.74 bits per heavy atom. The Morgan fingerprint density at radius 2 is 1.87 bits per heavy atom. The zero-order valence-electron chi connectivity index (χ0n) is 16.9. The zero-order chi connectivity index (χ0) is 20.9. The Labute approximate surface area is 178 Å². The van der Waals surface area contributed by atoms with Gasteiger partial charge in [-0.2, -0.15) is 0 Å². The monoisotopic (exact) mass is 409 g/mol. The first-order chi connectivity index (χ1) is 15.2. The van der Waals surface area contributed by atoms with E-state index in [-0.39, 0.29) is 0 Å². The van der Waals surface area contributed by atoms with Gasteiger partial charge in [-0.1, -0.05) is 18.2 Å². The van der Waals surface area contributed by atoms with Crippen LogP contribution in [-0.4, -0.2) is 33.6 Å². The summed E-state index contributed by atoms with van der Waals surface area (Å²) in [4.78, 5) is 15.7. The Kier molecular flexibility index (Phi) is 3.86. The second-order valence-corrected chi connectivity index (χ2v) is 7.66. The lowest BCUT2D eigenvalue weighted by atomic mass is 10.0. The molecule has 5 aromatic rings. The molecular weight excluding hydrogens is 390 g/mol. The van der Waals surface area contributed by atoms with Gasteiger partial charge in [-0.3, -0.25) is 9.78 Å². The van der Waals surface area contributed by atoms with Crippen LogP contribution in [0.25, 0.3) is 38.8 Å². The third-order valence-corrected chi connectivity index (χ3v) is 5.81. The SMILES string of the molecule is Cn1cc(-n2ccc3c(-c4ccc5c(c4)OCCO5)cccc32)c2ncc(C=O)cc21. The first-order valence-electron chi connectivity index (χ1n) is 10.1. The number of rotatable bonds is 3. The van der Waals surface area contributed by atoms with E-state index in [0.29, 0.717) is 18.8 Å². The molecule has 0 radical (unpaired) electrons. The Balaban J connectivity index is 1.52. The van der Waals surface area contributed by atoms with Crippen LogP contribution < -0.4 is 9.47 Å². The highest BCUT2D eigenvalue weighted by Gasteiger charge is 2.16. The van der Waals surface area contributed by atoms with E-state index in [2.05, 4.69) is 46.1 Å². The number of aryl methyl sites for hydroxylation is 1. The van der Waals surface area contributed by atoms with Gasteiger partial charge in [0.15, 0.2) is 17.8 Å². The Hall–Kier alpha value is -4.06. The van der Waals surface area contributed by atoms with Crippen molar-refractivity contribution in [3.05, 3.63) is 72.7 Å². The highest BCUT2D eigenvalue weighted by atomic mass is 16.6. The van der Waals surface area contributed by atoms with Gasteiger partial charge in [-0.25, -0.2) is 0 Å². The molecular formula is C25H19N3O3. The molecule has 6 heteroatoms. The van der Waals surface area contributed by atoms with Gasteiger partial charge >= 0.3 is 0 Å². The van der Waals surface area contributed by atoms with Crippen molar-refractivity contribution in [2.24, 2.45) is 7.05 Å². The van der Waals surface area contributed by atoms with Crippen LogP contribution in [0.5, 0.6) is 11.5 Å². The molecule has 2 aromatic carbocycles. The molecule has 0 N–H and O–H groups in total. The summed E-state index contributed by atoms with van der Waals surface area (Å²) < 4.78 is 15.6. The van der Waals surface area contributed by atoms with Crippen LogP contribution in [0.3, 0.4) is 0 Å². The lowest BCUT2D eigenvalue weighted by Gasteiger charge is -2.19. The maximum Gasteiger partial charge on any atom is 0.161 e. The maximum absolute atomic E-state index is 11.2. The third kappa shape index (κ3) is 2.72. The summed E-state index contributed by atoms with van der Waals surface area (Å²) in [7, 11) is 1.97. The van der Waals surface area contributed by atoms with E-state index < -0.39 is 0 Å². The van der Waals surface area contributed by atoms with Crippen molar-refractivity contribution in [2.75, 3.05) is 13.2 Å². The van der Waals surface area contributed by atoms with Gasteiger partial charge in [0.2, 0.25) is 0 Å². The molecule has 1 aliphatic rings. The topological polar surface area (TPSA) is 58.3 Å². The zero-order valence-corrected chi connectivity index (χ0v) is 16.9. The predicted octanol–water partition coefficient (Wildman–Crippen LogP) is 4.77. The molecule has 0 fully saturated rings. The average Bonchev–Trinajstić information content (AvgIpc) is 3.39. The summed E-state index contributed by atoms with van der Waals surface area (Å²) >= 11 is 0. The van der Waals surface area contributed by atoms with Crippen molar-refractivity contribution in [3.63, 3.8) is 0 Å². The molecule has 31 heavy (non-hydrogen) atoms. The number of pyridine rings is 1. The molecule has 4 heterocycles. The number of ether oxygens (including phenoxy) is 2. The van der Waals surface area contributed by atoms with Crippen LogP contribution in [0.1, 0.15) is 10.4 Å². The summed E-state index contributed by atoms with van der Waals surface area (Å²) in [5.41, 5.74) is 6.62. The number of hydrogen-bond acceptors (Lipinski definition) is 4. The minimum Gasteiger partial charge on any atom is -0.486 e. The molecule has 0 aliphatic carbocycles. The van der Waals surface area contributed by atoms with Gasteiger partial charge in [0, 0.05) is 36.6 Å². The molecule has 0 saturated heterocycles. The number of aldehydes is 1. The number of aromatic nitrogens is 3. The minimum atomic E-state index is 0.566. The maximum atomic E-state index is 11.2. The average molecular weight is 409 g/mol. The first-order valence-corrected chi connectivity index (χ1v) is 10.1. The van der Waals surface area contributed by atoms with Crippen LogP contribution in [0, 0.1) is 0 Å². The van der Waals surface area contributed by atoms with Crippen LogP contribution >= 0.6 is 0 Å². The number of benzene rings is 2.